The van der Waals surface area contributed by atoms with E-state index in [-0.39, 0.29) is 5.75 Å². The molecule has 5 heteroatoms. The lowest BCUT2D eigenvalue weighted by Gasteiger charge is -2.10. The second kappa shape index (κ2) is 6.07. The lowest BCUT2D eigenvalue weighted by molar-refractivity contribution is 0.392. The van der Waals surface area contributed by atoms with Crippen molar-refractivity contribution in [1.29, 1.82) is 0 Å². The van der Waals surface area contributed by atoms with E-state index in [1.54, 1.807) is 24.3 Å². The summed E-state index contributed by atoms with van der Waals surface area (Å²) in [6.45, 7) is 0. The van der Waals surface area contributed by atoms with Crippen LogP contribution in [0.15, 0.2) is 60.4 Å². The fraction of sp³-hybridized carbons (Fsp3) is 0. The zero-order valence-corrected chi connectivity index (χ0v) is 11.6. The Morgan fingerprint density at radius 1 is 1.05 bits per heavy atom. The highest BCUT2D eigenvalue weighted by molar-refractivity contribution is 7.56. The van der Waals surface area contributed by atoms with Crippen molar-refractivity contribution >= 4 is 25.3 Å². The van der Waals surface area contributed by atoms with Gasteiger partial charge < -0.3 is 9.42 Å². The molecule has 0 aliphatic rings. The van der Waals surface area contributed by atoms with Gasteiger partial charge in [-0.3, -0.25) is 0 Å². The maximum Gasteiger partial charge on any atom is 0.401 e. The topological polar surface area (TPSA) is 46.5 Å². The molecule has 0 aromatic heterocycles. The summed E-state index contributed by atoms with van der Waals surface area (Å²) in [5.74, 6) is 1.33. The molecular formula is C14H12ClO3P. The van der Waals surface area contributed by atoms with Crippen LogP contribution in [0.1, 0.15) is 5.56 Å². The van der Waals surface area contributed by atoms with E-state index in [2.05, 4.69) is 0 Å². The van der Waals surface area contributed by atoms with Crippen LogP contribution in [0.5, 0.6) is 5.75 Å². The van der Waals surface area contributed by atoms with Crippen molar-refractivity contribution in [3.63, 3.8) is 0 Å². The van der Waals surface area contributed by atoms with Crippen LogP contribution >= 0.6 is 19.2 Å². The molecule has 0 saturated carbocycles. The second-order valence-corrected chi connectivity index (χ2v) is 5.83. The van der Waals surface area contributed by atoms with Gasteiger partial charge in [0.25, 0.3) is 0 Å². The van der Waals surface area contributed by atoms with Gasteiger partial charge >= 0.3 is 7.60 Å². The van der Waals surface area contributed by atoms with E-state index in [0.29, 0.717) is 5.02 Å². The summed E-state index contributed by atoms with van der Waals surface area (Å²) in [5, 5.41) is 0.296. The first kappa shape index (κ1) is 13.9. The Balaban J connectivity index is 2.13. The Hall–Kier alpha value is -1.54. The van der Waals surface area contributed by atoms with Gasteiger partial charge in [0.05, 0.1) is 5.02 Å². The Morgan fingerprint density at radius 2 is 1.68 bits per heavy atom. The monoisotopic (exact) mass is 294 g/mol. The molecule has 0 aliphatic carbocycles. The van der Waals surface area contributed by atoms with Gasteiger partial charge in [0, 0.05) is 5.82 Å². The van der Waals surface area contributed by atoms with Crippen molar-refractivity contribution in [2.45, 2.75) is 0 Å². The van der Waals surface area contributed by atoms with Crippen molar-refractivity contribution < 1.29 is 14.0 Å². The van der Waals surface area contributed by atoms with Crippen LogP contribution in [0.25, 0.3) is 6.08 Å². The van der Waals surface area contributed by atoms with Crippen LogP contribution in [-0.2, 0) is 4.57 Å². The van der Waals surface area contributed by atoms with Gasteiger partial charge in [-0.2, -0.15) is 0 Å². The average molecular weight is 295 g/mol. The molecule has 1 atom stereocenters. The summed E-state index contributed by atoms with van der Waals surface area (Å²) in [6, 6.07) is 15.8. The molecule has 0 bridgehead atoms. The van der Waals surface area contributed by atoms with Crippen LogP contribution in [0.3, 0.4) is 0 Å². The molecule has 0 radical (unpaired) electrons. The third-order valence-electron chi connectivity index (χ3n) is 2.32. The van der Waals surface area contributed by atoms with Gasteiger partial charge in [-0.15, -0.1) is 0 Å². The van der Waals surface area contributed by atoms with E-state index < -0.39 is 7.60 Å². The molecule has 2 aromatic carbocycles. The summed E-state index contributed by atoms with van der Waals surface area (Å²) in [4.78, 5) is 9.74. The molecule has 3 nitrogen and oxygen atoms in total. The van der Waals surface area contributed by atoms with Gasteiger partial charge in [-0.25, -0.2) is 4.57 Å². The lowest BCUT2D eigenvalue weighted by Crippen LogP contribution is -1.89. The highest BCUT2D eigenvalue weighted by atomic mass is 35.5. The molecule has 0 spiro atoms. The maximum atomic E-state index is 11.9. The van der Waals surface area contributed by atoms with Gasteiger partial charge in [0.15, 0.2) is 0 Å². The van der Waals surface area contributed by atoms with Crippen molar-refractivity contribution in [3.8, 4) is 5.75 Å². The van der Waals surface area contributed by atoms with Crippen LogP contribution in [-0.4, -0.2) is 4.89 Å². The van der Waals surface area contributed by atoms with Crippen molar-refractivity contribution in [2.24, 2.45) is 0 Å². The minimum absolute atomic E-state index is 0.188. The summed E-state index contributed by atoms with van der Waals surface area (Å²) < 4.78 is 16.9. The van der Waals surface area contributed by atoms with E-state index in [0.717, 1.165) is 11.4 Å². The Morgan fingerprint density at radius 3 is 2.37 bits per heavy atom. The van der Waals surface area contributed by atoms with Gasteiger partial charge in [-0.1, -0.05) is 54.1 Å². The predicted molar refractivity (Wildman–Crippen MR) is 77.4 cm³/mol. The second-order valence-electron chi connectivity index (χ2n) is 3.81. The largest absolute Gasteiger partial charge is 0.420 e. The van der Waals surface area contributed by atoms with E-state index >= 15 is 0 Å². The Labute approximate surface area is 116 Å². The van der Waals surface area contributed by atoms with E-state index in [1.807, 2.05) is 30.3 Å². The van der Waals surface area contributed by atoms with Gasteiger partial charge in [0.1, 0.15) is 5.75 Å². The number of hydrogen-bond donors (Lipinski definition) is 1. The van der Waals surface area contributed by atoms with E-state index in [9.17, 15) is 9.46 Å². The fourth-order valence-electron chi connectivity index (χ4n) is 1.43. The quantitative estimate of drug-likeness (QED) is 0.840. The zero-order valence-electron chi connectivity index (χ0n) is 9.94. The molecule has 0 heterocycles. The Bertz CT molecular complexity index is 626. The molecule has 19 heavy (non-hydrogen) atoms. The van der Waals surface area contributed by atoms with Crippen LogP contribution in [0.2, 0.25) is 5.02 Å². The van der Waals surface area contributed by atoms with Crippen molar-refractivity contribution in [1.82, 2.24) is 0 Å². The number of para-hydroxylation sites is 1. The third kappa shape index (κ3) is 4.25. The predicted octanol–water partition coefficient (Wildman–Crippen LogP) is 4.58. The first-order chi connectivity index (χ1) is 9.07. The summed E-state index contributed by atoms with van der Waals surface area (Å²) in [7, 11) is -3.87. The highest BCUT2D eigenvalue weighted by Crippen LogP contribution is 2.46. The average Bonchev–Trinajstić information content (AvgIpc) is 2.40. The minimum Gasteiger partial charge on any atom is -0.420 e. The minimum atomic E-state index is -3.87. The molecule has 2 aromatic rings. The normalized spacial score (nSPS) is 14.2. The zero-order chi connectivity index (χ0) is 13.7. The molecule has 1 N–H and O–H groups in total. The number of halogens is 1. The molecule has 0 aliphatic heterocycles. The molecule has 98 valence electrons. The fourth-order valence-corrected chi connectivity index (χ4v) is 2.53. The lowest BCUT2D eigenvalue weighted by atomic mass is 10.2. The summed E-state index contributed by atoms with van der Waals surface area (Å²) in [5.41, 5.74) is 0.819. The molecule has 0 fully saturated rings. The van der Waals surface area contributed by atoms with Crippen molar-refractivity contribution in [3.05, 3.63) is 71.0 Å². The highest BCUT2D eigenvalue weighted by Gasteiger charge is 2.17. The van der Waals surface area contributed by atoms with E-state index in [4.69, 9.17) is 16.1 Å². The van der Waals surface area contributed by atoms with Gasteiger partial charge in [-0.05, 0) is 23.8 Å². The molecule has 2 rings (SSSR count). The first-order valence-corrected chi connectivity index (χ1v) is 7.60. The number of rotatable bonds is 4. The van der Waals surface area contributed by atoms with E-state index in [1.165, 1.54) is 6.08 Å². The SMILES string of the molecule is O=P(O)(/C=C/c1ccccc1)Oc1ccccc1Cl. The Kier molecular flexibility index (Phi) is 4.43. The third-order valence-corrected chi connectivity index (χ3v) is 3.62. The standard InChI is InChI=1S/C14H12ClO3P/c15-13-8-4-5-9-14(13)18-19(16,17)11-10-12-6-2-1-3-7-12/h1-11H,(H,16,17)/b11-10+. The summed E-state index contributed by atoms with van der Waals surface area (Å²) >= 11 is 5.87. The molecular weight excluding hydrogens is 283 g/mol. The number of benzene rings is 2. The van der Waals surface area contributed by atoms with Crippen molar-refractivity contribution in [2.75, 3.05) is 0 Å². The summed E-state index contributed by atoms with van der Waals surface area (Å²) in [6.07, 6.45) is 1.54. The number of hydrogen-bond acceptors (Lipinski definition) is 2. The van der Waals surface area contributed by atoms with Crippen LogP contribution < -0.4 is 4.52 Å². The molecule has 0 amide bonds. The molecule has 1 unspecified atom stereocenters. The first-order valence-electron chi connectivity index (χ1n) is 5.58. The van der Waals surface area contributed by atoms with Crippen LogP contribution in [0.4, 0.5) is 0 Å². The molecule has 0 saturated heterocycles. The smallest absolute Gasteiger partial charge is 0.401 e. The maximum absolute atomic E-state index is 11.9. The van der Waals surface area contributed by atoms with Gasteiger partial charge in [0.2, 0.25) is 0 Å². The van der Waals surface area contributed by atoms with Crippen LogP contribution in [0, 0.1) is 0 Å².